The molecular formula is C13H22N4O. The van der Waals surface area contributed by atoms with Crippen molar-refractivity contribution >= 4 is 0 Å². The van der Waals surface area contributed by atoms with E-state index in [0.717, 1.165) is 45.3 Å². The zero-order valence-electron chi connectivity index (χ0n) is 10.8. The van der Waals surface area contributed by atoms with Crippen molar-refractivity contribution < 1.29 is 5.11 Å². The van der Waals surface area contributed by atoms with Crippen LogP contribution in [-0.4, -0.2) is 50.2 Å². The maximum absolute atomic E-state index is 10.4. The van der Waals surface area contributed by atoms with E-state index in [4.69, 9.17) is 0 Å². The Morgan fingerprint density at radius 3 is 2.56 bits per heavy atom. The first-order valence-electron chi connectivity index (χ1n) is 7.06. The minimum absolute atomic E-state index is 0.403. The number of piperidine rings is 1. The molecule has 1 N–H and O–H groups in total. The second kappa shape index (κ2) is 4.97. The number of aliphatic hydroxyl groups is 1. The minimum atomic E-state index is -0.403. The highest BCUT2D eigenvalue weighted by molar-refractivity contribution is 4.89. The molecule has 2 heterocycles. The third-order valence-electron chi connectivity index (χ3n) is 4.42. The van der Waals surface area contributed by atoms with Gasteiger partial charge in [-0.05, 0) is 25.7 Å². The molecule has 0 spiro atoms. The molecule has 18 heavy (non-hydrogen) atoms. The Morgan fingerprint density at radius 1 is 1.22 bits per heavy atom. The van der Waals surface area contributed by atoms with Gasteiger partial charge in [-0.2, -0.15) is 0 Å². The first-order valence-corrected chi connectivity index (χ1v) is 7.06. The number of aromatic nitrogens is 3. The van der Waals surface area contributed by atoms with Crippen LogP contribution in [0.15, 0.2) is 12.4 Å². The molecule has 0 bridgehead atoms. The SMILES string of the molecule is OC1(CN2CCC(n3ccnn3)CC2)CCCC1. The lowest BCUT2D eigenvalue weighted by molar-refractivity contribution is 0.000268. The van der Waals surface area contributed by atoms with Gasteiger partial charge >= 0.3 is 0 Å². The third kappa shape index (κ3) is 2.57. The molecule has 0 amide bonds. The largest absolute Gasteiger partial charge is 0.389 e. The molecule has 5 heteroatoms. The lowest BCUT2D eigenvalue weighted by Crippen LogP contribution is -2.45. The molecule has 1 saturated carbocycles. The van der Waals surface area contributed by atoms with E-state index < -0.39 is 5.60 Å². The van der Waals surface area contributed by atoms with Crippen molar-refractivity contribution in [3.05, 3.63) is 12.4 Å². The molecule has 0 atom stereocenters. The smallest absolute Gasteiger partial charge is 0.0774 e. The molecule has 2 fully saturated rings. The summed E-state index contributed by atoms with van der Waals surface area (Å²) in [7, 11) is 0. The number of hydrogen-bond donors (Lipinski definition) is 1. The maximum atomic E-state index is 10.4. The second-order valence-corrected chi connectivity index (χ2v) is 5.82. The third-order valence-corrected chi connectivity index (χ3v) is 4.42. The van der Waals surface area contributed by atoms with Crippen LogP contribution in [-0.2, 0) is 0 Å². The highest BCUT2D eigenvalue weighted by Crippen LogP contribution is 2.31. The lowest BCUT2D eigenvalue weighted by atomic mass is 9.98. The van der Waals surface area contributed by atoms with Gasteiger partial charge < -0.3 is 10.0 Å². The predicted octanol–water partition coefficient (Wildman–Crippen LogP) is 1.22. The molecule has 0 radical (unpaired) electrons. The van der Waals surface area contributed by atoms with Crippen LogP contribution in [0.1, 0.15) is 44.6 Å². The van der Waals surface area contributed by atoms with Crippen LogP contribution in [0.4, 0.5) is 0 Å². The quantitative estimate of drug-likeness (QED) is 0.876. The molecule has 5 nitrogen and oxygen atoms in total. The molecule has 100 valence electrons. The Labute approximate surface area is 108 Å². The maximum Gasteiger partial charge on any atom is 0.0774 e. The van der Waals surface area contributed by atoms with Crippen LogP contribution in [0.5, 0.6) is 0 Å². The fraction of sp³-hybridized carbons (Fsp3) is 0.846. The van der Waals surface area contributed by atoms with E-state index in [9.17, 15) is 5.11 Å². The number of hydrogen-bond acceptors (Lipinski definition) is 4. The van der Waals surface area contributed by atoms with Gasteiger partial charge in [0.2, 0.25) is 0 Å². The molecule has 1 aromatic rings. The monoisotopic (exact) mass is 250 g/mol. The number of likely N-dealkylation sites (tertiary alicyclic amines) is 1. The van der Waals surface area contributed by atoms with E-state index in [0.29, 0.717) is 6.04 Å². The summed E-state index contributed by atoms with van der Waals surface area (Å²) in [6.07, 6.45) is 10.3. The Balaban J connectivity index is 1.51. The summed E-state index contributed by atoms with van der Waals surface area (Å²) >= 11 is 0. The average molecular weight is 250 g/mol. The van der Waals surface area contributed by atoms with Crippen molar-refractivity contribution in [2.24, 2.45) is 0 Å². The Kier molecular flexibility index (Phi) is 3.35. The standard InChI is InChI=1S/C13H22N4O/c18-13(5-1-2-6-13)11-16-8-3-12(4-9-16)17-10-7-14-15-17/h7,10,12,18H,1-6,8-9,11H2. The van der Waals surface area contributed by atoms with E-state index >= 15 is 0 Å². The molecule has 0 aromatic carbocycles. The fourth-order valence-corrected chi connectivity index (χ4v) is 3.36. The highest BCUT2D eigenvalue weighted by Gasteiger charge is 2.34. The molecular weight excluding hydrogens is 228 g/mol. The van der Waals surface area contributed by atoms with Gasteiger partial charge in [0.05, 0.1) is 17.8 Å². The first kappa shape index (κ1) is 12.1. The summed E-state index contributed by atoms with van der Waals surface area (Å²) in [5, 5.41) is 18.4. The second-order valence-electron chi connectivity index (χ2n) is 5.82. The number of nitrogens with zero attached hydrogens (tertiary/aromatic N) is 4. The van der Waals surface area contributed by atoms with Crippen molar-refractivity contribution in [3.8, 4) is 0 Å². The molecule has 0 unspecified atom stereocenters. The van der Waals surface area contributed by atoms with Crippen LogP contribution >= 0.6 is 0 Å². The van der Waals surface area contributed by atoms with Crippen molar-refractivity contribution in [1.29, 1.82) is 0 Å². The van der Waals surface area contributed by atoms with E-state index in [1.54, 1.807) is 6.20 Å². The summed E-state index contributed by atoms with van der Waals surface area (Å²) in [5.74, 6) is 0. The van der Waals surface area contributed by atoms with Crippen LogP contribution in [0.3, 0.4) is 0 Å². The fourth-order valence-electron chi connectivity index (χ4n) is 3.36. The summed E-state index contributed by atoms with van der Waals surface area (Å²) in [5.41, 5.74) is -0.403. The molecule has 2 aliphatic rings. The lowest BCUT2D eigenvalue weighted by Gasteiger charge is -2.36. The summed E-state index contributed by atoms with van der Waals surface area (Å²) in [6, 6.07) is 0.488. The summed E-state index contributed by atoms with van der Waals surface area (Å²) in [6.45, 7) is 2.98. The van der Waals surface area contributed by atoms with Gasteiger partial charge in [0.1, 0.15) is 0 Å². The first-order chi connectivity index (χ1) is 8.75. The molecule has 1 saturated heterocycles. The van der Waals surface area contributed by atoms with Gasteiger partial charge in [-0.1, -0.05) is 18.1 Å². The van der Waals surface area contributed by atoms with E-state index in [2.05, 4.69) is 15.2 Å². The molecule has 1 aromatic heterocycles. The normalized spacial score (nSPS) is 25.6. The van der Waals surface area contributed by atoms with Gasteiger partial charge in [0.15, 0.2) is 0 Å². The zero-order chi connectivity index (χ0) is 12.4. The zero-order valence-corrected chi connectivity index (χ0v) is 10.8. The molecule has 3 rings (SSSR count). The van der Waals surface area contributed by atoms with Crippen LogP contribution < -0.4 is 0 Å². The molecule has 1 aliphatic carbocycles. The van der Waals surface area contributed by atoms with Gasteiger partial charge in [-0.15, -0.1) is 5.10 Å². The number of β-amino-alcohol motifs (C(OH)–C–C–N with tert-alkyl or cyclic N) is 1. The van der Waals surface area contributed by atoms with Gasteiger partial charge in [0.25, 0.3) is 0 Å². The summed E-state index contributed by atoms with van der Waals surface area (Å²) in [4.78, 5) is 2.42. The van der Waals surface area contributed by atoms with Crippen molar-refractivity contribution in [1.82, 2.24) is 19.9 Å². The van der Waals surface area contributed by atoms with Crippen molar-refractivity contribution in [3.63, 3.8) is 0 Å². The number of rotatable bonds is 3. The van der Waals surface area contributed by atoms with Crippen LogP contribution in [0, 0.1) is 0 Å². The van der Waals surface area contributed by atoms with Crippen molar-refractivity contribution in [2.45, 2.75) is 50.2 Å². The Hall–Kier alpha value is -0.940. The Bertz CT molecular complexity index is 364. The van der Waals surface area contributed by atoms with Crippen molar-refractivity contribution in [2.75, 3.05) is 19.6 Å². The van der Waals surface area contributed by atoms with Crippen LogP contribution in [0.25, 0.3) is 0 Å². The topological polar surface area (TPSA) is 54.2 Å². The van der Waals surface area contributed by atoms with Gasteiger partial charge in [0, 0.05) is 25.8 Å². The van der Waals surface area contributed by atoms with Gasteiger partial charge in [-0.3, -0.25) is 0 Å². The van der Waals surface area contributed by atoms with E-state index in [1.807, 2.05) is 10.9 Å². The highest BCUT2D eigenvalue weighted by atomic mass is 16.3. The minimum Gasteiger partial charge on any atom is -0.389 e. The van der Waals surface area contributed by atoms with E-state index in [-0.39, 0.29) is 0 Å². The average Bonchev–Trinajstić information content (AvgIpc) is 3.02. The summed E-state index contributed by atoms with van der Waals surface area (Å²) < 4.78 is 1.97. The predicted molar refractivity (Wildman–Crippen MR) is 68.2 cm³/mol. The molecule has 1 aliphatic heterocycles. The van der Waals surface area contributed by atoms with E-state index in [1.165, 1.54) is 12.8 Å². The van der Waals surface area contributed by atoms with Crippen LogP contribution in [0.2, 0.25) is 0 Å². The Morgan fingerprint density at radius 2 is 1.94 bits per heavy atom. The van der Waals surface area contributed by atoms with Gasteiger partial charge in [-0.25, -0.2) is 4.68 Å².